The summed E-state index contributed by atoms with van der Waals surface area (Å²) < 4.78 is 0. The Labute approximate surface area is 118 Å². The predicted octanol–water partition coefficient (Wildman–Crippen LogP) is 1.86. The molecule has 0 saturated carbocycles. The number of amides is 1. The Morgan fingerprint density at radius 1 is 1.25 bits per heavy atom. The van der Waals surface area contributed by atoms with Crippen LogP contribution in [0.4, 0.5) is 0 Å². The average molecular weight is 273 g/mol. The van der Waals surface area contributed by atoms with Crippen LogP contribution in [0.3, 0.4) is 0 Å². The zero-order chi connectivity index (χ0) is 14.4. The maximum Gasteiger partial charge on any atom is 0.256 e. The van der Waals surface area contributed by atoms with Crippen LogP contribution in [-0.4, -0.2) is 45.6 Å². The molecular weight excluding hydrogens is 254 g/mol. The lowest BCUT2D eigenvalue weighted by atomic mass is 10.1. The number of fused-ring (bicyclic) bond motifs is 1. The van der Waals surface area contributed by atoms with Crippen molar-refractivity contribution < 1.29 is 9.90 Å². The third-order valence-electron chi connectivity index (χ3n) is 3.23. The molecule has 0 aliphatic heterocycles. The molecule has 5 heteroatoms. The molecule has 1 aromatic heterocycles. The molecule has 0 saturated heterocycles. The highest BCUT2D eigenvalue weighted by atomic mass is 16.3. The van der Waals surface area contributed by atoms with E-state index in [-0.39, 0.29) is 12.5 Å². The van der Waals surface area contributed by atoms with Crippen molar-refractivity contribution in [3.05, 3.63) is 36.2 Å². The Balaban J connectivity index is 2.25. The molecule has 0 unspecified atom stereocenters. The zero-order valence-corrected chi connectivity index (χ0v) is 11.6. The number of carbonyl (C=O) groups excluding carboxylic acids is 1. The van der Waals surface area contributed by atoms with Crippen molar-refractivity contribution in [3.63, 3.8) is 0 Å². The van der Waals surface area contributed by atoms with Gasteiger partial charge in [-0.1, -0.05) is 6.07 Å². The number of rotatable bonds is 6. The number of benzene rings is 1. The van der Waals surface area contributed by atoms with Crippen LogP contribution in [0.25, 0.3) is 11.0 Å². The van der Waals surface area contributed by atoms with Gasteiger partial charge in [0.2, 0.25) is 0 Å². The highest BCUT2D eigenvalue weighted by molar-refractivity contribution is 6.04. The van der Waals surface area contributed by atoms with Crippen LogP contribution in [0.5, 0.6) is 0 Å². The van der Waals surface area contributed by atoms with Gasteiger partial charge in [0.25, 0.3) is 5.91 Å². The highest BCUT2D eigenvalue weighted by Gasteiger charge is 2.17. The molecule has 1 aromatic carbocycles. The fourth-order valence-electron chi connectivity index (χ4n) is 2.15. The first-order valence-corrected chi connectivity index (χ1v) is 6.87. The van der Waals surface area contributed by atoms with Gasteiger partial charge < -0.3 is 10.0 Å². The van der Waals surface area contributed by atoms with E-state index in [1.807, 2.05) is 19.1 Å². The summed E-state index contributed by atoms with van der Waals surface area (Å²) >= 11 is 0. The van der Waals surface area contributed by atoms with Crippen LogP contribution in [0.15, 0.2) is 30.6 Å². The SMILES string of the molecule is CCN(CCCCO)C(=O)c1cccc2nccnc12. The summed E-state index contributed by atoms with van der Waals surface area (Å²) in [6, 6.07) is 5.46. The maximum atomic E-state index is 12.6. The summed E-state index contributed by atoms with van der Waals surface area (Å²) in [6.45, 7) is 3.40. The Kier molecular flexibility index (Phi) is 5.01. The number of aromatic nitrogens is 2. The molecule has 5 nitrogen and oxygen atoms in total. The molecule has 2 aromatic rings. The number of carbonyl (C=O) groups is 1. The van der Waals surface area contributed by atoms with Crippen LogP contribution in [0.2, 0.25) is 0 Å². The van der Waals surface area contributed by atoms with Gasteiger partial charge in [-0.05, 0) is 31.9 Å². The minimum Gasteiger partial charge on any atom is -0.396 e. The topological polar surface area (TPSA) is 66.3 Å². The third-order valence-corrected chi connectivity index (χ3v) is 3.23. The molecule has 106 valence electrons. The summed E-state index contributed by atoms with van der Waals surface area (Å²) in [7, 11) is 0. The van der Waals surface area contributed by atoms with E-state index in [2.05, 4.69) is 9.97 Å². The van der Waals surface area contributed by atoms with E-state index in [0.29, 0.717) is 30.6 Å². The van der Waals surface area contributed by atoms with Gasteiger partial charge in [0.15, 0.2) is 0 Å². The van der Waals surface area contributed by atoms with E-state index in [9.17, 15) is 4.79 Å². The average Bonchev–Trinajstić information content (AvgIpc) is 2.50. The molecule has 20 heavy (non-hydrogen) atoms. The second kappa shape index (κ2) is 6.96. The predicted molar refractivity (Wildman–Crippen MR) is 77.4 cm³/mol. The second-order valence-electron chi connectivity index (χ2n) is 4.55. The number of para-hydroxylation sites is 1. The number of aliphatic hydroxyl groups excluding tert-OH is 1. The first-order valence-electron chi connectivity index (χ1n) is 6.87. The second-order valence-corrected chi connectivity index (χ2v) is 4.55. The highest BCUT2D eigenvalue weighted by Crippen LogP contribution is 2.16. The van der Waals surface area contributed by atoms with Gasteiger partial charge in [-0.2, -0.15) is 0 Å². The van der Waals surface area contributed by atoms with Crippen molar-refractivity contribution in [1.29, 1.82) is 0 Å². The Bertz CT molecular complexity index is 581. The molecule has 0 aliphatic rings. The standard InChI is InChI=1S/C15H19N3O2/c1-2-18(10-3-4-11-19)15(20)12-6-5-7-13-14(12)17-9-8-16-13/h5-9,19H,2-4,10-11H2,1H3. The quantitative estimate of drug-likeness (QED) is 0.816. The van der Waals surface area contributed by atoms with E-state index in [1.54, 1.807) is 23.4 Å². The summed E-state index contributed by atoms with van der Waals surface area (Å²) in [5.74, 6) is -0.0310. The fourth-order valence-corrected chi connectivity index (χ4v) is 2.15. The number of hydrogen-bond donors (Lipinski definition) is 1. The van der Waals surface area contributed by atoms with Gasteiger partial charge >= 0.3 is 0 Å². The fraction of sp³-hybridized carbons (Fsp3) is 0.400. The van der Waals surface area contributed by atoms with Crippen molar-refractivity contribution in [2.45, 2.75) is 19.8 Å². The first-order chi connectivity index (χ1) is 9.77. The zero-order valence-electron chi connectivity index (χ0n) is 11.6. The molecule has 1 heterocycles. The largest absolute Gasteiger partial charge is 0.396 e. The normalized spacial score (nSPS) is 10.7. The maximum absolute atomic E-state index is 12.6. The lowest BCUT2D eigenvalue weighted by Crippen LogP contribution is -2.32. The van der Waals surface area contributed by atoms with Gasteiger partial charge in [-0.25, -0.2) is 0 Å². The Hall–Kier alpha value is -2.01. The molecule has 0 atom stereocenters. The molecule has 0 radical (unpaired) electrons. The van der Waals surface area contributed by atoms with Gasteiger partial charge in [0.05, 0.1) is 11.1 Å². The molecule has 1 amide bonds. The molecular formula is C15H19N3O2. The van der Waals surface area contributed by atoms with Crippen LogP contribution < -0.4 is 0 Å². The minimum absolute atomic E-state index is 0.0310. The Morgan fingerprint density at radius 3 is 2.80 bits per heavy atom. The van der Waals surface area contributed by atoms with Crippen LogP contribution in [0, 0.1) is 0 Å². The summed E-state index contributed by atoms with van der Waals surface area (Å²) in [6.07, 6.45) is 4.72. The van der Waals surface area contributed by atoms with E-state index >= 15 is 0 Å². The van der Waals surface area contributed by atoms with Crippen LogP contribution in [0.1, 0.15) is 30.1 Å². The van der Waals surface area contributed by atoms with Crippen molar-refractivity contribution in [2.75, 3.05) is 19.7 Å². The molecule has 0 aliphatic carbocycles. The molecule has 1 N–H and O–H groups in total. The van der Waals surface area contributed by atoms with Crippen LogP contribution >= 0.6 is 0 Å². The van der Waals surface area contributed by atoms with Gasteiger partial charge in [-0.3, -0.25) is 14.8 Å². The summed E-state index contributed by atoms with van der Waals surface area (Å²) in [5.41, 5.74) is 1.95. The summed E-state index contributed by atoms with van der Waals surface area (Å²) in [5, 5.41) is 8.83. The number of aliphatic hydroxyl groups is 1. The Morgan fingerprint density at radius 2 is 2.05 bits per heavy atom. The number of nitrogens with zero attached hydrogens (tertiary/aromatic N) is 3. The monoisotopic (exact) mass is 273 g/mol. The van der Waals surface area contributed by atoms with Crippen molar-refractivity contribution in [2.24, 2.45) is 0 Å². The van der Waals surface area contributed by atoms with Crippen LogP contribution in [-0.2, 0) is 0 Å². The lowest BCUT2D eigenvalue weighted by Gasteiger charge is -2.21. The van der Waals surface area contributed by atoms with E-state index in [0.717, 1.165) is 11.9 Å². The molecule has 0 spiro atoms. The number of unbranched alkanes of at least 4 members (excludes halogenated alkanes) is 1. The van der Waals surface area contributed by atoms with Crippen molar-refractivity contribution in [1.82, 2.24) is 14.9 Å². The lowest BCUT2D eigenvalue weighted by molar-refractivity contribution is 0.0760. The van der Waals surface area contributed by atoms with E-state index in [4.69, 9.17) is 5.11 Å². The van der Waals surface area contributed by atoms with Gasteiger partial charge in [0.1, 0.15) is 5.52 Å². The van der Waals surface area contributed by atoms with Gasteiger partial charge in [0, 0.05) is 32.1 Å². The number of hydrogen-bond acceptors (Lipinski definition) is 4. The first kappa shape index (κ1) is 14.4. The summed E-state index contributed by atoms with van der Waals surface area (Å²) in [4.78, 5) is 22.8. The minimum atomic E-state index is -0.0310. The molecule has 0 fully saturated rings. The molecule has 0 bridgehead atoms. The molecule has 2 rings (SSSR count). The van der Waals surface area contributed by atoms with E-state index in [1.165, 1.54) is 0 Å². The van der Waals surface area contributed by atoms with E-state index < -0.39 is 0 Å². The van der Waals surface area contributed by atoms with Crippen molar-refractivity contribution in [3.8, 4) is 0 Å². The third kappa shape index (κ3) is 3.11. The smallest absolute Gasteiger partial charge is 0.256 e. The van der Waals surface area contributed by atoms with Gasteiger partial charge in [-0.15, -0.1) is 0 Å². The van der Waals surface area contributed by atoms with Crippen molar-refractivity contribution >= 4 is 16.9 Å².